The van der Waals surface area contributed by atoms with E-state index in [0.29, 0.717) is 23.2 Å². The zero-order chi connectivity index (χ0) is 21.9. The van der Waals surface area contributed by atoms with E-state index in [2.05, 4.69) is 10.2 Å². The highest BCUT2D eigenvalue weighted by molar-refractivity contribution is 7.99. The van der Waals surface area contributed by atoms with Gasteiger partial charge in [-0.2, -0.15) is 0 Å². The summed E-state index contributed by atoms with van der Waals surface area (Å²) in [6.45, 7) is 0.746. The number of carbonyl (C=O) groups excluding carboxylic acids is 1. The number of ether oxygens (including phenoxy) is 2. The zero-order valence-corrected chi connectivity index (χ0v) is 18.1. The molecule has 5 rings (SSSR count). The Morgan fingerprint density at radius 3 is 2.66 bits per heavy atom. The topological polar surface area (TPSA) is 77.7 Å². The number of nitrogens with zero attached hydrogens (tertiary/aromatic N) is 3. The minimum atomic E-state index is -0.331. The molecule has 32 heavy (non-hydrogen) atoms. The lowest BCUT2D eigenvalue weighted by Gasteiger charge is -2.29. The molecule has 2 aliphatic rings. The Balaban J connectivity index is 1.25. The number of fused-ring (bicyclic) bond motifs is 1. The Labute approximate surface area is 188 Å². The van der Waals surface area contributed by atoms with Crippen LogP contribution in [0.15, 0.2) is 52.1 Å². The maximum atomic E-state index is 13.2. The molecule has 0 spiro atoms. The number of hydrogen-bond acceptors (Lipinski definition) is 7. The van der Waals surface area contributed by atoms with Gasteiger partial charge in [-0.05, 0) is 54.8 Å². The van der Waals surface area contributed by atoms with Gasteiger partial charge in [0.25, 0.3) is 5.22 Å². The minimum absolute atomic E-state index is 0.0288. The lowest BCUT2D eigenvalue weighted by atomic mass is 10.1. The Hall–Kier alpha value is -3.07. The van der Waals surface area contributed by atoms with Crippen molar-refractivity contribution in [2.75, 3.05) is 12.5 Å². The number of halogens is 1. The fourth-order valence-corrected chi connectivity index (χ4v) is 4.71. The number of carbonyl (C=O) groups is 1. The maximum absolute atomic E-state index is 13.2. The molecule has 0 bridgehead atoms. The van der Waals surface area contributed by atoms with Gasteiger partial charge < -0.3 is 18.8 Å². The van der Waals surface area contributed by atoms with Crippen molar-refractivity contribution in [2.24, 2.45) is 0 Å². The highest BCUT2D eigenvalue weighted by Crippen LogP contribution is 2.34. The summed E-state index contributed by atoms with van der Waals surface area (Å²) in [4.78, 5) is 15.1. The highest BCUT2D eigenvalue weighted by atomic mass is 32.2. The quantitative estimate of drug-likeness (QED) is 0.479. The van der Waals surface area contributed by atoms with Gasteiger partial charge in [0.1, 0.15) is 5.82 Å². The highest BCUT2D eigenvalue weighted by Gasteiger charge is 2.28. The molecule has 3 aromatic rings. The van der Waals surface area contributed by atoms with Crippen LogP contribution in [0.25, 0.3) is 11.5 Å². The summed E-state index contributed by atoms with van der Waals surface area (Å²) in [6.07, 6.45) is 4.29. The average Bonchev–Trinajstić information content (AvgIpc) is 3.58. The van der Waals surface area contributed by atoms with E-state index in [1.54, 1.807) is 12.1 Å². The second kappa shape index (κ2) is 9.20. The van der Waals surface area contributed by atoms with Gasteiger partial charge in [0, 0.05) is 18.2 Å². The van der Waals surface area contributed by atoms with Gasteiger partial charge in [-0.1, -0.05) is 30.7 Å². The largest absolute Gasteiger partial charge is 0.454 e. The van der Waals surface area contributed by atoms with Crippen LogP contribution >= 0.6 is 11.8 Å². The number of thioether (sulfide) groups is 1. The van der Waals surface area contributed by atoms with Crippen LogP contribution in [-0.4, -0.2) is 39.6 Å². The van der Waals surface area contributed by atoms with Gasteiger partial charge in [0.15, 0.2) is 11.5 Å². The van der Waals surface area contributed by atoms with E-state index in [1.807, 2.05) is 23.1 Å². The summed E-state index contributed by atoms with van der Waals surface area (Å²) >= 11 is 1.21. The fraction of sp³-hybridized carbons (Fsp3) is 0.348. The van der Waals surface area contributed by atoms with Gasteiger partial charge in [0.2, 0.25) is 18.6 Å². The van der Waals surface area contributed by atoms with Crippen LogP contribution in [0.1, 0.15) is 31.2 Å². The summed E-state index contributed by atoms with van der Waals surface area (Å²) in [5.74, 6) is 1.65. The second-order valence-corrected chi connectivity index (χ2v) is 8.74. The Morgan fingerprint density at radius 1 is 1.06 bits per heavy atom. The Morgan fingerprint density at radius 2 is 1.84 bits per heavy atom. The number of hydrogen-bond donors (Lipinski definition) is 0. The van der Waals surface area contributed by atoms with Crippen molar-refractivity contribution in [2.45, 2.75) is 43.5 Å². The molecule has 0 N–H and O–H groups in total. The molecule has 1 fully saturated rings. The van der Waals surface area contributed by atoms with Crippen molar-refractivity contribution in [3.63, 3.8) is 0 Å². The molecule has 0 atom stereocenters. The van der Waals surface area contributed by atoms with Gasteiger partial charge in [-0.15, -0.1) is 10.2 Å². The van der Waals surface area contributed by atoms with Crippen LogP contribution < -0.4 is 9.47 Å². The minimum Gasteiger partial charge on any atom is -0.454 e. The van der Waals surface area contributed by atoms with E-state index in [9.17, 15) is 9.18 Å². The second-order valence-electron chi connectivity index (χ2n) is 7.82. The molecule has 2 heterocycles. The summed E-state index contributed by atoms with van der Waals surface area (Å²) in [5, 5.41) is 8.34. The summed E-state index contributed by atoms with van der Waals surface area (Å²) < 4.78 is 29.6. The van der Waals surface area contributed by atoms with Crippen LogP contribution in [-0.2, 0) is 11.3 Å². The third-order valence-corrected chi connectivity index (χ3v) is 6.50. The van der Waals surface area contributed by atoms with Gasteiger partial charge in [-0.3, -0.25) is 4.79 Å². The molecule has 0 saturated heterocycles. The molecule has 1 saturated carbocycles. The standard InChI is InChI=1S/C23H22FN3O4S/c24-17-8-6-16(7-9-17)22-25-26-23(31-22)32-13-21(28)27(18-3-1-2-4-18)12-15-5-10-19-20(11-15)30-14-29-19/h5-11,18H,1-4,12-14H2. The summed E-state index contributed by atoms with van der Waals surface area (Å²) in [6, 6.07) is 11.9. The molecule has 9 heteroatoms. The summed E-state index contributed by atoms with van der Waals surface area (Å²) in [5.41, 5.74) is 1.64. The Kier molecular flexibility index (Phi) is 5.98. The van der Waals surface area contributed by atoms with Crippen LogP contribution in [0.2, 0.25) is 0 Å². The predicted octanol–water partition coefficient (Wildman–Crippen LogP) is 4.67. The molecular formula is C23H22FN3O4S. The van der Waals surface area contributed by atoms with E-state index in [0.717, 1.165) is 42.7 Å². The number of amides is 1. The summed E-state index contributed by atoms with van der Waals surface area (Å²) in [7, 11) is 0. The maximum Gasteiger partial charge on any atom is 0.277 e. The first-order valence-corrected chi connectivity index (χ1v) is 11.5. The van der Waals surface area contributed by atoms with Gasteiger partial charge in [0.05, 0.1) is 5.75 Å². The first kappa shape index (κ1) is 20.8. The molecule has 0 unspecified atom stereocenters. The third-order valence-electron chi connectivity index (χ3n) is 5.69. The monoisotopic (exact) mass is 455 g/mol. The van der Waals surface area contributed by atoms with Crippen molar-refractivity contribution in [3.05, 3.63) is 53.8 Å². The van der Waals surface area contributed by atoms with Crippen molar-refractivity contribution < 1.29 is 23.1 Å². The van der Waals surface area contributed by atoms with Crippen LogP contribution in [0.3, 0.4) is 0 Å². The average molecular weight is 456 g/mol. The number of benzene rings is 2. The van der Waals surface area contributed by atoms with E-state index < -0.39 is 0 Å². The van der Waals surface area contributed by atoms with Crippen molar-refractivity contribution in [1.29, 1.82) is 0 Å². The van der Waals surface area contributed by atoms with E-state index in [4.69, 9.17) is 13.9 Å². The van der Waals surface area contributed by atoms with Gasteiger partial charge in [-0.25, -0.2) is 4.39 Å². The first-order valence-electron chi connectivity index (χ1n) is 10.6. The molecule has 2 aromatic carbocycles. The van der Waals surface area contributed by atoms with Crippen LogP contribution in [0.4, 0.5) is 4.39 Å². The van der Waals surface area contributed by atoms with Crippen molar-refractivity contribution in [1.82, 2.24) is 15.1 Å². The molecule has 1 aliphatic heterocycles. The number of rotatable bonds is 7. The predicted molar refractivity (Wildman–Crippen MR) is 116 cm³/mol. The van der Waals surface area contributed by atoms with E-state index in [-0.39, 0.29) is 30.3 Å². The molecule has 0 radical (unpaired) electrons. The van der Waals surface area contributed by atoms with E-state index in [1.165, 1.54) is 23.9 Å². The molecule has 7 nitrogen and oxygen atoms in total. The lowest BCUT2D eigenvalue weighted by Crippen LogP contribution is -2.39. The zero-order valence-electron chi connectivity index (χ0n) is 17.3. The SMILES string of the molecule is O=C(CSc1nnc(-c2ccc(F)cc2)o1)N(Cc1ccc2c(c1)OCO2)C1CCCC1. The van der Waals surface area contributed by atoms with E-state index >= 15 is 0 Å². The molecule has 1 aromatic heterocycles. The van der Waals surface area contributed by atoms with Crippen LogP contribution in [0, 0.1) is 5.82 Å². The first-order chi connectivity index (χ1) is 15.7. The molecule has 1 amide bonds. The van der Waals surface area contributed by atoms with Crippen molar-refractivity contribution in [3.8, 4) is 23.0 Å². The fourth-order valence-electron chi connectivity index (χ4n) is 4.06. The van der Waals surface area contributed by atoms with Crippen LogP contribution in [0.5, 0.6) is 11.5 Å². The smallest absolute Gasteiger partial charge is 0.277 e. The number of aromatic nitrogens is 2. The molecule has 1 aliphatic carbocycles. The normalized spacial score (nSPS) is 15.3. The van der Waals surface area contributed by atoms with Crippen molar-refractivity contribution >= 4 is 17.7 Å². The van der Waals surface area contributed by atoms with Gasteiger partial charge >= 0.3 is 0 Å². The molecule has 166 valence electrons. The molecular weight excluding hydrogens is 433 g/mol. The Bertz CT molecular complexity index is 1100. The lowest BCUT2D eigenvalue weighted by molar-refractivity contribution is -0.131. The third kappa shape index (κ3) is 4.57.